The number of thioether (sulfide) groups is 1. The van der Waals surface area contributed by atoms with Gasteiger partial charge in [-0.25, -0.2) is 0 Å². The first kappa shape index (κ1) is 20.5. The van der Waals surface area contributed by atoms with Crippen molar-refractivity contribution < 1.29 is 19.1 Å². The maximum absolute atomic E-state index is 12.8. The molecular formula is C20H21BrN2O4S. The van der Waals surface area contributed by atoms with E-state index in [9.17, 15) is 9.59 Å². The SMILES string of the molecule is CSCCC(NC(=O)c1ccccc1Br)C(=O)Nc1ccc2c(c1)OCCO2. The van der Waals surface area contributed by atoms with Crippen molar-refractivity contribution in [2.45, 2.75) is 12.5 Å². The maximum atomic E-state index is 12.8. The number of fused-ring (bicyclic) bond motifs is 1. The fourth-order valence-corrected chi connectivity index (χ4v) is 3.67. The molecule has 0 saturated heterocycles. The molecule has 1 heterocycles. The smallest absolute Gasteiger partial charge is 0.253 e. The van der Waals surface area contributed by atoms with Crippen LogP contribution >= 0.6 is 27.7 Å². The highest BCUT2D eigenvalue weighted by molar-refractivity contribution is 9.10. The van der Waals surface area contributed by atoms with Crippen molar-refractivity contribution in [2.75, 3.05) is 30.5 Å². The fourth-order valence-electron chi connectivity index (χ4n) is 2.74. The number of anilines is 1. The molecule has 148 valence electrons. The Balaban J connectivity index is 1.71. The third-order valence-electron chi connectivity index (χ3n) is 4.16. The van der Waals surface area contributed by atoms with Crippen LogP contribution in [-0.2, 0) is 4.79 Å². The highest BCUT2D eigenvalue weighted by atomic mass is 79.9. The van der Waals surface area contributed by atoms with E-state index < -0.39 is 6.04 Å². The molecule has 1 atom stereocenters. The Morgan fingerprint density at radius 1 is 1.14 bits per heavy atom. The number of carbonyl (C=O) groups excluding carboxylic acids is 2. The molecule has 1 aliphatic rings. The maximum Gasteiger partial charge on any atom is 0.253 e. The summed E-state index contributed by atoms with van der Waals surface area (Å²) in [5.74, 6) is 1.43. The number of ether oxygens (including phenoxy) is 2. The van der Waals surface area contributed by atoms with Crippen LogP contribution in [0.1, 0.15) is 16.8 Å². The molecule has 0 saturated carbocycles. The molecule has 1 unspecified atom stereocenters. The van der Waals surface area contributed by atoms with Crippen molar-refractivity contribution in [1.29, 1.82) is 0 Å². The zero-order valence-electron chi connectivity index (χ0n) is 15.4. The van der Waals surface area contributed by atoms with Gasteiger partial charge in [0.1, 0.15) is 19.3 Å². The van der Waals surface area contributed by atoms with Crippen molar-refractivity contribution >= 4 is 45.2 Å². The number of rotatable bonds is 7. The van der Waals surface area contributed by atoms with Gasteiger partial charge in [-0.05, 0) is 58.6 Å². The lowest BCUT2D eigenvalue weighted by molar-refractivity contribution is -0.118. The van der Waals surface area contributed by atoms with Crippen LogP contribution in [0.4, 0.5) is 5.69 Å². The molecule has 0 radical (unpaired) electrons. The van der Waals surface area contributed by atoms with Gasteiger partial charge in [-0.1, -0.05) is 12.1 Å². The molecule has 0 fully saturated rings. The van der Waals surface area contributed by atoms with Gasteiger partial charge in [0.2, 0.25) is 5.91 Å². The zero-order chi connectivity index (χ0) is 19.9. The van der Waals surface area contributed by atoms with Crippen molar-refractivity contribution in [1.82, 2.24) is 5.32 Å². The lowest BCUT2D eigenvalue weighted by Gasteiger charge is -2.21. The molecule has 3 rings (SSSR count). The first-order valence-corrected chi connectivity index (χ1v) is 11.0. The van der Waals surface area contributed by atoms with E-state index in [0.29, 0.717) is 46.9 Å². The third-order valence-corrected chi connectivity index (χ3v) is 5.50. The van der Waals surface area contributed by atoms with Gasteiger partial charge in [-0.3, -0.25) is 9.59 Å². The average molecular weight is 465 g/mol. The van der Waals surface area contributed by atoms with Gasteiger partial charge in [0.05, 0.1) is 5.56 Å². The Bertz CT molecular complexity index is 862. The Kier molecular flexibility index (Phi) is 7.22. The minimum atomic E-state index is -0.653. The molecule has 0 bridgehead atoms. The number of hydrogen-bond acceptors (Lipinski definition) is 5. The van der Waals surface area contributed by atoms with Crippen LogP contribution in [0.5, 0.6) is 11.5 Å². The summed E-state index contributed by atoms with van der Waals surface area (Å²) in [6.45, 7) is 0.985. The number of hydrogen-bond donors (Lipinski definition) is 2. The molecule has 6 nitrogen and oxygen atoms in total. The van der Waals surface area contributed by atoms with E-state index in [2.05, 4.69) is 26.6 Å². The predicted octanol–water partition coefficient (Wildman–Crippen LogP) is 3.71. The Morgan fingerprint density at radius 2 is 1.89 bits per heavy atom. The number of benzene rings is 2. The number of amides is 2. The summed E-state index contributed by atoms with van der Waals surface area (Å²) in [6, 6.07) is 11.7. The minimum Gasteiger partial charge on any atom is -0.486 e. The Morgan fingerprint density at radius 3 is 2.64 bits per heavy atom. The molecule has 8 heteroatoms. The Labute approximate surface area is 176 Å². The van der Waals surface area contributed by atoms with Crippen LogP contribution in [0.3, 0.4) is 0 Å². The van der Waals surface area contributed by atoms with E-state index in [0.717, 1.165) is 5.75 Å². The summed E-state index contributed by atoms with van der Waals surface area (Å²) >= 11 is 5.00. The second kappa shape index (κ2) is 9.84. The van der Waals surface area contributed by atoms with E-state index in [1.165, 1.54) is 0 Å². The predicted molar refractivity (Wildman–Crippen MR) is 114 cm³/mol. The van der Waals surface area contributed by atoms with E-state index in [1.807, 2.05) is 12.3 Å². The van der Waals surface area contributed by atoms with Crippen LogP contribution in [0.2, 0.25) is 0 Å². The van der Waals surface area contributed by atoms with Crippen LogP contribution in [0.25, 0.3) is 0 Å². The van der Waals surface area contributed by atoms with Gasteiger partial charge in [-0.15, -0.1) is 0 Å². The summed E-state index contributed by atoms with van der Waals surface area (Å²) in [5.41, 5.74) is 1.09. The normalized spacial score (nSPS) is 13.5. The quantitative estimate of drug-likeness (QED) is 0.652. The van der Waals surface area contributed by atoms with Crippen molar-refractivity contribution in [3.8, 4) is 11.5 Å². The second-order valence-corrected chi connectivity index (χ2v) is 7.97. The average Bonchev–Trinajstić information content (AvgIpc) is 2.71. The Hall–Kier alpha value is -2.19. The monoisotopic (exact) mass is 464 g/mol. The first-order chi connectivity index (χ1) is 13.6. The van der Waals surface area contributed by atoms with Gasteiger partial charge in [-0.2, -0.15) is 11.8 Å². The molecule has 0 aliphatic carbocycles. The standard InChI is InChI=1S/C20H21BrN2O4S/c1-28-11-8-16(23-19(24)14-4-2-3-5-15(14)21)20(25)22-13-6-7-17-18(12-13)27-10-9-26-17/h2-7,12,16H,8-11H2,1H3,(H,22,25)(H,23,24). The molecule has 1 aliphatic heterocycles. The van der Waals surface area contributed by atoms with Crippen molar-refractivity contribution in [3.63, 3.8) is 0 Å². The molecule has 2 aromatic rings. The van der Waals surface area contributed by atoms with Crippen molar-refractivity contribution in [3.05, 3.63) is 52.5 Å². The summed E-state index contributed by atoms with van der Waals surface area (Å²) in [4.78, 5) is 25.4. The molecule has 2 N–H and O–H groups in total. The molecule has 2 aromatic carbocycles. The van der Waals surface area contributed by atoms with Crippen LogP contribution in [0.15, 0.2) is 46.9 Å². The summed E-state index contributed by atoms with van der Waals surface area (Å²) in [5, 5.41) is 5.70. The van der Waals surface area contributed by atoms with E-state index in [-0.39, 0.29) is 11.8 Å². The fraction of sp³-hybridized carbons (Fsp3) is 0.300. The zero-order valence-corrected chi connectivity index (χ0v) is 17.8. The van der Waals surface area contributed by atoms with Gasteiger partial charge in [0.25, 0.3) is 5.91 Å². The summed E-state index contributed by atoms with van der Waals surface area (Å²) in [7, 11) is 0. The molecule has 28 heavy (non-hydrogen) atoms. The van der Waals surface area contributed by atoms with Crippen LogP contribution < -0.4 is 20.1 Å². The summed E-state index contributed by atoms with van der Waals surface area (Å²) in [6.07, 6.45) is 2.49. The number of nitrogens with one attached hydrogen (secondary N) is 2. The van der Waals surface area contributed by atoms with Crippen LogP contribution in [0, 0.1) is 0 Å². The van der Waals surface area contributed by atoms with Crippen molar-refractivity contribution in [2.24, 2.45) is 0 Å². The number of halogens is 1. The first-order valence-electron chi connectivity index (χ1n) is 8.83. The van der Waals surface area contributed by atoms with Gasteiger partial charge < -0.3 is 20.1 Å². The van der Waals surface area contributed by atoms with Gasteiger partial charge in [0, 0.05) is 16.2 Å². The molecular weight excluding hydrogens is 444 g/mol. The lowest BCUT2D eigenvalue weighted by atomic mass is 10.1. The molecule has 0 aromatic heterocycles. The third kappa shape index (κ3) is 5.20. The molecule has 2 amide bonds. The van der Waals surface area contributed by atoms with Gasteiger partial charge in [0.15, 0.2) is 11.5 Å². The topological polar surface area (TPSA) is 76.7 Å². The highest BCUT2D eigenvalue weighted by Gasteiger charge is 2.23. The van der Waals surface area contributed by atoms with E-state index >= 15 is 0 Å². The van der Waals surface area contributed by atoms with E-state index in [4.69, 9.17) is 9.47 Å². The highest BCUT2D eigenvalue weighted by Crippen LogP contribution is 2.32. The van der Waals surface area contributed by atoms with Gasteiger partial charge >= 0.3 is 0 Å². The summed E-state index contributed by atoms with van der Waals surface area (Å²) < 4.78 is 11.7. The van der Waals surface area contributed by atoms with E-state index in [1.54, 1.807) is 48.2 Å². The minimum absolute atomic E-state index is 0.272. The van der Waals surface area contributed by atoms with Crippen LogP contribution in [-0.4, -0.2) is 43.1 Å². The lowest BCUT2D eigenvalue weighted by Crippen LogP contribution is -2.44. The number of carbonyl (C=O) groups is 2. The molecule has 0 spiro atoms. The second-order valence-electron chi connectivity index (χ2n) is 6.14. The largest absolute Gasteiger partial charge is 0.486 e.